The number of allylic oxidation sites excluding steroid dienone is 1. The highest BCUT2D eigenvalue weighted by Gasteiger charge is 1.93. The summed E-state index contributed by atoms with van der Waals surface area (Å²) in [5.74, 6) is 0.433. The highest BCUT2D eigenvalue weighted by molar-refractivity contribution is 4.73. The van der Waals surface area contributed by atoms with Gasteiger partial charge in [0, 0.05) is 0 Å². The minimum atomic E-state index is 0.396. The van der Waals surface area contributed by atoms with Crippen LogP contribution in [-0.2, 0) is 4.89 Å². The lowest BCUT2D eigenvalue weighted by Gasteiger charge is -2.00. The van der Waals surface area contributed by atoms with Gasteiger partial charge in [-0.25, -0.2) is 4.89 Å². The van der Waals surface area contributed by atoms with Crippen LogP contribution >= 0.6 is 0 Å². The highest BCUT2D eigenvalue weighted by atomic mass is 17.1. The van der Waals surface area contributed by atoms with E-state index in [4.69, 9.17) is 5.26 Å². The summed E-state index contributed by atoms with van der Waals surface area (Å²) in [6, 6.07) is 0. The lowest BCUT2D eigenvalue weighted by Crippen LogP contribution is -1.95. The van der Waals surface area contributed by atoms with Gasteiger partial charge >= 0.3 is 0 Å². The molecule has 0 saturated heterocycles. The number of hydrogen-bond acceptors (Lipinski definition) is 2. The third kappa shape index (κ3) is 3.84. The second kappa shape index (κ2) is 4.81. The van der Waals surface area contributed by atoms with Crippen molar-refractivity contribution in [2.45, 2.75) is 13.3 Å². The molecule has 2 heteroatoms. The van der Waals surface area contributed by atoms with Crippen LogP contribution in [0.3, 0.4) is 0 Å². The third-order valence-corrected chi connectivity index (χ3v) is 1.07. The zero-order valence-corrected chi connectivity index (χ0v) is 5.13. The van der Waals surface area contributed by atoms with E-state index in [1.54, 1.807) is 0 Å². The van der Waals surface area contributed by atoms with Gasteiger partial charge < -0.3 is 0 Å². The van der Waals surface area contributed by atoms with E-state index in [0.29, 0.717) is 12.5 Å². The Morgan fingerprint density at radius 2 is 2.50 bits per heavy atom. The largest absolute Gasteiger partial charge is 0.252 e. The predicted octanol–water partition coefficient (Wildman–Crippen LogP) is 1.69. The van der Waals surface area contributed by atoms with Crippen LogP contribution in [0.5, 0.6) is 0 Å². The molecule has 0 spiro atoms. The molecule has 0 aromatic rings. The molecule has 0 fully saturated rings. The van der Waals surface area contributed by atoms with E-state index in [2.05, 4.69) is 11.5 Å². The summed E-state index contributed by atoms with van der Waals surface area (Å²) >= 11 is 0. The maximum absolute atomic E-state index is 7.88. The monoisotopic (exact) mass is 116 g/mol. The molecule has 8 heavy (non-hydrogen) atoms. The summed E-state index contributed by atoms with van der Waals surface area (Å²) in [6.07, 6.45) is 2.67. The quantitative estimate of drug-likeness (QED) is 0.344. The molecule has 1 atom stereocenters. The first-order chi connectivity index (χ1) is 3.81. The topological polar surface area (TPSA) is 29.5 Å². The van der Waals surface area contributed by atoms with E-state index in [-0.39, 0.29) is 0 Å². The summed E-state index contributed by atoms with van der Waals surface area (Å²) < 4.78 is 0. The molecule has 0 aliphatic rings. The molecule has 0 aliphatic heterocycles. The van der Waals surface area contributed by atoms with Gasteiger partial charge in [-0.15, -0.1) is 6.58 Å². The minimum Gasteiger partial charge on any atom is -0.252 e. The Labute approximate surface area is 49.7 Å². The van der Waals surface area contributed by atoms with Crippen LogP contribution in [-0.4, -0.2) is 11.9 Å². The Morgan fingerprint density at radius 3 is 2.88 bits per heavy atom. The number of hydrogen-bond donors (Lipinski definition) is 1. The van der Waals surface area contributed by atoms with Crippen molar-refractivity contribution < 1.29 is 10.1 Å². The molecular weight excluding hydrogens is 104 g/mol. The van der Waals surface area contributed by atoms with E-state index < -0.39 is 0 Å². The molecule has 48 valence electrons. The third-order valence-electron chi connectivity index (χ3n) is 1.07. The standard InChI is InChI=1S/C6H12O2/c1-3-6(2)4-5-8-7/h3,6-7H,1,4-5H2,2H3. The molecule has 0 heterocycles. The van der Waals surface area contributed by atoms with E-state index in [1.165, 1.54) is 0 Å². The minimum absolute atomic E-state index is 0.396. The fourth-order valence-electron chi connectivity index (χ4n) is 0.356. The Balaban J connectivity index is 2.98. The van der Waals surface area contributed by atoms with Crippen molar-refractivity contribution >= 4 is 0 Å². The SMILES string of the molecule is C=CC(C)CCOO. The Kier molecular flexibility index (Phi) is 4.61. The molecule has 0 rings (SSSR count). The van der Waals surface area contributed by atoms with Crippen molar-refractivity contribution in [3.63, 3.8) is 0 Å². The van der Waals surface area contributed by atoms with Gasteiger partial charge in [-0.3, -0.25) is 5.26 Å². The van der Waals surface area contributed by atoms with Crippen LogP contribution in [0.1, 0.15) is 13.3 Å². The summed E-state index contributed by atoms with van der Waals surface area (Å²) in [5.41, 5.74) is 0. The van der Waals surface area contributed by atoms with Gasteiger partial charge in [0.15, 0.2) is 0 Å². The smallest absolute Gasteiger partial charge is 0.0825 e. The average Bonchev–Trinajstić information content (AvgIpc) is 1.83. The zero-order valence-electron chi connectivity index (χ0n) is 5.13. The van der Waals surface area contributed by atoms with Gasteiger partial charge in [0.25, 0.3) is 0 Å². The molecule has 1 N–H and O–H groups in total. The second-order valence-corrected chi connectivity index (χ2v) is 1.83. The van der Waals surface area contributed by atoms with Crippen LogP contribution in [0.4, 0.5) is 0 Å². The van der Waals surface area contributed by atoms with Crippen molar-refractivity contribution in [2.24, 2.45) is 5.92 Å². The maximum Gasteiger partial charge on any atom is 0.0825 e. The molecule has 0 aromatic heterocycles. The van der Waals surface area contributed by atoms with Gasteiger partial charge in [0.1, 0.15) is 0 Å². The molecule has 1 unspecified atom stereocenters. The van der Waals surface area contributed by atoms with Gasteiger partial charge in [-0.05, 0) is 12.3 Å². The lowest BCUT2D eigenvalue weighted by molar-refractivity contribution is -0.243. The normalized spacial score (nSPS) is 13.2. The van der Waals surface area contributed by atoms with Crippen LogP contribution in [0.15, 0.2) is 12.7 Å². The van der Waals surface area contributed by atoms with E-state index in [9.17, 15) is 0 Å². The Morgan fingerprint density at radius 1 is 1.88 bits per heavy atom. The Hall–Kier alpha value is -0.340. The Bertz CT molecular complexity index is 61.5. The first-order valence-corrected chi connectivity index (χ1v) is 2.70. The zero-order chi connectivity index (χ0) is 6.41. The summed E-state index contributed by atoms with van der Waals surface area (Å²) in [6.45, 7) is 5.99. The second-order valence-electron chi connectivity index (χ2n) is 1.83. The predicted molar refractivity (Wildman–Crippen MR) is 32.6 cm³/mol. The van der Waals surface area contributed by atoms with Crippen LogP contribution in [0.25, 0.3) is 0 Å². The van der Waals surface area contributed by atoms with Gasteiger partial charge in [-0.2, -0.15) is 0 Å². The van der Waals surface area contributed by atoms with Crippen LogP contribution < -0.4 is 0 Å². The first kappa shape index (κ1) is 7.66. The average molecular weight is 116 g/mol. The van der Waals surface area contributed by atoms with Crippen molar-refractivity contribution in [1.29, 1.82) is 0 Å². The van der Waals surface area contributed by atoms with Crippen molar-refractivity contribution in [2.75, 3.05) is 6.61 Å². The van der Waals surface area contributed by atoms with E-state index in [0.717, 1.165) is 6.42 Å². The van der Waals surface area contributed by atoms with Crippen molar-refractivity contribution in [1.82, 2.24) is 0 Å². The number of rotatable bonds is 4. The molecule has 0 bridgehead atoms. The van der Waals surface area contributed by atoms with Crippen LogP contribution in [0, 0.1) is 5.92 Å². The van der Waals surface area contributed by atoms with Crippen molar-refractivity contribution in [3.05, 3.63) is 12.7 Å². The fraction of sp³-hybridized carbons (Fsp3) is 0.667. The van der Waals surface area contributed by atoms with Crippen LogP contribution in [0.2, 0.25) is 0 Å². The molecule has 2 nitrogen and oxygen atoms in total. The van der Waals surface area contributed by atoms with Gasteiger partial charge in [-0.1, -0.05) is 13.0 Å². The lowest BCUT2D eigenvalue weighted by atomic mass is 10.1. The molecule has 0 radical (unpaired) electrons. The van der Waals surface area contributed by atoms with E-state index in [1.807, 2.05) is 13.0 Å². The molecular formula is C6H12O2. The summed E-state index contributed by atoms with van der Waals surface area (Å²) in [4.78, 5) is 3.87. The first-order valence-electron chi connectivity index (χ1n) is 2.70. The molecule has 0 aliphatic carbocycles. The maximum atomic E-state index is 7.88. The van der Waals surface area contributed by atoms with Gasteiger partial charge in [0.2, 0.25) is 0 Å². The van der Waals surface area contributed by atoms with Crippen molar-refractivity contribution in [3.8, 4) is 0 Å². The van der Waals surface area contributed by atoms with Gasteiger partial charge in [0.05, 0.1) is 6.61 Å². The fourth-order valence-corrected chi connectivity index (χ4v) is 0.356. The van der Waals surface area contributed by atoms with E-state index >= 15 is 0 Å². The summed E-state index contributed by atoms with van der Waals surface area (Å²) in [5, 5.41) is 7.88. The summed E-state index contributed by atoms with van der Waals surface area (Å²) in [7, 11) is 0. The molecule has 0 aromatic carbocycles. The highest BCUT2D eigenvalue weighted by Crippen LogP contribution is 2.00. The molecule has 0 amide bonds. The molecule has 0 saturated carbocycles.